The molecule has 2 aromatic carbocycles. The molecule has 1 heterocycles. The van der Waals surface area contributed by atoms with E-state index in [1.807, 2.05) is 24.3 Å². The third-order valence-electron chi connectivity index (χ3n) is 3.41. The van der Waals surface area contributed by atoms with Crippen LogP contribution in [0.1, 0.15) is 5.56 Å². The molecule has 1 aliphatic heterocycles. The van der Waals surface area contributed by atoms with Crippen LogP contribution in [0.4, 0.5) is 5.69 Å². The van der Waals surface area contributed by atoms with Crippen molar-refractivity contribution in [1.82, 2.24) is 0 Å². The van der Waals surface area contributed by atoms with Gasteiger partial charge < -0.3 is 5.73 Å². The average Bonchev–Trinajstić information content (AvgIpc) is 2.82. The Balaban J connectivity index is 1.84. The minimum absolute atomic E-state index is 0.0184. The first-order valence-electron chi connectivity index (χ1n) is 6.48. The van der Waals surface area contributed by atoms with Gasteiger partial charge in [-0.1, -0.05) is 29.8 Å². The molecule has 1 atom stereocenters. The number of sulfone groups is 1. The van der Waals surface area contributed by atoms with Gasteiger partial charge in [0.25, 0.3) is 0 Å². The summed E-state index contributed by atoms with van der Waals surface area (Å²) in [6, 6.07) is 12.6. The van der Waals surface area contributed by atoms with E-state index in [1.54, 1.807) is 17.8 Å². The molecule has 2 aromatic rings. The van der Waals surface area contributed by atoms with Crippen LogP contribution in [-0.4, -0.2) is 19.4 Å². The Morgan fingerprint density at radius 1 is 1.24 bits per heavy atom. The normalized spacial score (nSPS) is 17.7. The highest BCUT2D eigenvalue weighted by atomic mass is 35.5. The van der Waals surface area contributed by atoms with Gasteiger partial charge in [-0.05, 0) is 36.2 Å². The topological polar surface area (TPSA) is 60.2 Å². The van der Waals surface area contributed by atoms with Crippen molar-refractivity contribution in [2.45, 2.75) is 21.5 Å². The number of hydrogen-bond acceptors (Lipinski definition) is 4. The molecule has 0 fully saturated rings. The lowest BCUT2D eigenvalue weighted by Gasteiger charge is -2.11. The Morgan fingerprint density at radius 3 is 2.76 bits per heavy atom. The molecule has 0 spiro atoms. The highest BCUT2D eigenvalue weighted by Crippen LogP contribution is 2.38. The second-order valence-electron chi connectivity index (χ2n) is 5.02. The average molecular weight is 340 g/mol. The highest BCUT2D eigenvalue weighted by molar-refractivity contribution is 8.01. The summed E-state index contributed by atoms with van der Waals surface area (Å²) in [5.74, 6) is 0.0650. The van der Waals surface area contributed by atoms with Crippen molar-refractivity contribution in [3.05, 3.63) is 53.1 Å². The van der Waals surface area contributed by atoms with Crippen molar-refractivity contribution in [2.75, 3.05) is 11.5 Å². The van der Waals surface area contributed by atoms with Crippen LogP contribution in [0.3, 0.4) is 0 Å². The van der Waals surface area contributed by atoms with E-state index < -0.39 is 9.84 Å². The molecule has 2 N–H and O–H groups in total. The molecule has 0 aliphatic carbocycles. The van der Waals surface area contributed by atoms with Gasteiger partial charge in [0.05, 0.1) is 15.7 Å². The fraction of sp³-hybridized carbons (Fsp3) is 0.200. The Labute approximate surface area is 133 Å². The molecular formula is C15H14ClNO2S2. The molecule has 6 heteroatoms. The number of halogens is 1. The van der Waals surface area contributed by atoms with Crippen LogP contribution in [0, 0.1) is 0 Å². The van der Waals surface area contributed by atoms with E-state index in [0.29, 0.717) is 5.69 Å². The molecule has 0 bridgehead atoms. The lowest BCUT2D eigenvalue weighted by molar-refractivity contribution is 0.594. The number of anilines is 1. The maximum absolute atomic E-state index is 12.6. The zero-order valence-electron chi connectivity index (χ0n) is 11.1. The van der Waals surface area contributed by atoms with Gasteiger partial charge in [0.2, 0.25) is 0 Å². The number of nitrogens with two attached hydrogens (primary N) is 1. The Morgan fingerprint density at radius 2 is 2.00 bits per heavy atom. The molecule has 0 amide bonds. The summed E-state index contributed by atoms with van der Waals surface area (Å²) in [6.07, 6.45) is 0.764. The molecule has 3 rings (SSSR count). The van der Waals surface area contributed by atoms with Gasteiger partial charge in [-0.3, -0.25) is 0 Å². The SMILES string of the molecule is Nc1ccc(Cl)c(S(=O)(=O)CC2Cc3ccccc3S2)c1. The van der Waals surface area contributed by atoms with Crippen LogP contribution in [-0.2, 0) is 16.3 Å². The number of hydrogen-bond donors (Lipinski definition) is 1. The first-order valence-corrected chi connectivity index (χ1v) is 9.39. The van der Waals surface area contributed by atoms with Crippen LogP contribution >= 0.6 is 23.4 Å². The molecule has 110 valence electrons. The predicted molar refractivity (Wildman–Crippen MR) is 87.7 cm³/mol. The summed E-state index contributed by atoms with van der Waals surface area (Å²) < 4.78 is 25.1. The second-order valence-corrected chi connectivity index (χ2v) is 8.78. The van der Waals surface area contributed by atoms with Gasteiger partial charge in [0.1, 0.15) is 0 Å². The number of fused-ring (bicyclic) bond motifs is 1. The van der Waals surface area contributed by atoms with E-state index >= 15 is 0 Å². The number of nitrogen functional groups attached to an aromatic ring is 1. The van der Waals surface area contributed by atoms with Gasteiger partial charge in [-0.15, -0.1) is 11.8 Å². The van der Waals surface area contributed by atoms with E-state index in [0.717, 1.165) is 11.3 Å². The van der Waals surface area contributed by atoms with Crippen LogP contribution in [0.5, 0.6) is 0 Å². The molecule has 0 saturated heterocycles. The smallest absolute Gasteiger partial charge is 0.181 e. The van der Waals surface area contributed by atoms with Crippen molar-refractivity contribution >= 4 is 38.9 Å². The van der Waals surface area contributed by atoms with Crippen molar-refractivity contribution < 1.29 is 8.42 Å². The zero-order valence-corrected chi connectivity index (χ0v) is 13.5. The third-order valence-corrected chi connectivity index (χ3v) is 7.23. The first kappa shape index (κ1) is 14.8. The number of thioether (sulfide) groups is 1. The summed E-state index contributed by atoms with van der Waals surface area (Å²) in [4.78, 5) is 1.29. The molecule has 1 aliphatic rings. The van der Waals surface area contributed by atoms with Gasteiger partial charge >= 0.3 is 0 Å². The third kappa shape index (κ3) is 3.05. The Hall–Kier alpha value is -1.17. The van der Waals surface area contributed by atoms with E-state index in [2.05, 4.69) is 0 Å². The maximum Gasteiger partial charge on any atom is 0.181 e. The van der Waals surface area contributed by atoms with E-state index in [-0.39, 0.29) is 20.9 Å². The number of rotatable bonds is 3. The fourth-order valence-electron chi connectivity index (χ4n) is 2.44. The lowest BCUT2D eigenvalue weighted by Crippen LogP contribution is -2.18. The maximum atomic E-state index is 12.6. The highest BCUT2D eigenvalue weighted by Gasteiger charge is 2.29. The number of benzene rings is 2. The van der Waals surface area contributed by atoms with Gasteiger partial charge in [-0.25, -0.2) is 8.42 Å². The first-order chi connectivity index (χ1) is 9.95. The standard InChI is InChI=1S/C15H14ClNO2S2/c16-13-6-5-11(17)8-15(13)21(18,19)9-12-7-10-3-1-2-4-14(10)20-12/h1-6,8,12H,7,9,17H2. The van der Waals surface area contributed by atoms with Crippen molar-refractivity contribution in [3.63, 3.8) is 0 Å². The fourth-order valence-corrected chi connectivity index (χ4v) is 6.27. The zero-order chi connectivity index (χ0) is 15.0. The van der Waals surface area contributed by atoms with Crippen molar-refractivity contribution in [1.29, 1.82) is 0 Å². The van der Waals surface area contributed by atoms with Gasteiger partial charge in [-0.2, -0.15) is 0 Å². The molecular weight excluding hydrogens is 326 g/mol. The predicted octanol–water partition coefficient (Wildman–Crippen LogP) is 3.41. The Bertz CT molecular complexity index is 765. The monoisotopic (exact) mass is 339 g/mol. The quantitative estimate of drug-likeness (QED) is 0.870. The molecule has 1 unspecified atom stereocenters. The second kappa shape index (κ2) is 5.55. The minimum Gasteiger partial charge on any atom is -0.399 e. The molecule has 0 radical (unpaired) electrons. The summed E-state index contributed by atoms with van der Waals surface area (Å²) >= 11 is 7.63. The molecule has 3 nitrogen and oxygen atoms in total. The molecule has 0 aromatic heterocycles. The summed E-state index contributed by atoms with van der Waals surface area (Å²) in [6.45, 7) is 0. The van der Waals surface area contributed by atoms with Crippen molar-refractivity contribution in [2.24, 2.45) is 0 Å². The molecule has 0 saturated carbocycles. The van der Waals surface area contributed by atoms with E-state index in [4.69, 9.17) is 17.3 Å². The van der Waals surface area contributed by atoms with Crippen LogP contribution in [0.25, 0.3) is 0 Å². The van der Waals surface area contributed by atoms with Crippen LogP contribution < -0.4 is 5.73 Å². The van der Waals surface area contributed by atoms with Crippen LogP contribution in [0.2, 0.25) is 5.02 Å². The molecule has 21 heavy (non-hydrogen) atoms. The van der Waals surface area contributed by atoms with Crippen molar-refractivity contribution in [3.8, 4) is 0 Å². The van der Waals surface area contributed by atoms with E-state index in [9.17, 15) is 8.42 Å². The Kier molecular flexibility index (Phi) is 3.90. The minimum atomic E-state index is -3.45. The summed E-state index contributed by atoms with van der Waals surface area (Å²) in [5.41, 5.74) is 7.29. The van der Waals surface area contributed by atoms with Gasteiger partial charge in [0.15, 0.2) is 9.84 Å². The summed E-state index contributed by atoms with van der Waals surface area (Å²) in [5, 5.41) is 0.245. The summed E-state index contributed by atoms with van der Waals surface area (Å²) in [7, 11) is -3.45. The van der Waals surface area contributed by atoms with Gasteiger partial charge in [0, 0.05) is 15.8 Å². The largest absolute Gasteiger partial charge is 0.399 e. The lowest BCUT2D eigenvalue weighted by atomic mass is 10.1. The van der Waals surface area contributed by atoms with Crippen LogP contribution in [0.15, 0.2) is 52.3 Å². The van der Waals surface area contributed by atoms with E-state index in [1.165, 1.54) is 17.7 Å².